The van der Waals surface area contributed by atoms with Crippen LogP contribution in [0.2, 0.25) is 0 Å². The molecule has 0 bridgehead atoms. The third-order valence-electron chi connectivity index (χ3n) is 3.99. The highest BCUT2D eigenvalue weighted by atomic mass is 19.4. The third kappa shape index (κ3) is 7.64. The van der Waals surface area contributed by atoms with E-state index in [1.807, 2.05) is 30.3 Å². The second-order valence-corrected chi connectivity index (χ2v) is 6.13. The molecule has 0 saturated carbocycles. The number of guanidine groups is 1. The number of benzene rings is 1. The molecule has 0 aliphatic carbocycles. The van der Waals surface area contributed by atoms with Crippen molar-refractivity contribution in [3.63, 3.8) is 0 Å². The van der Waals surface area contributed by atoms with Crippen molar-refractivity contribution in [2.24, 2.45) is 4.99 Å². The average Bonchev–Trinajstić information content (AvgIpc) is 2.99. The quantitative estimate of drug-likeness (QED) is 0.398. The molecule has 1 unspecified atom stereocenters. The van der Waals surface area contributed by atoms with Crippen LogP contribution in [0.25, 0.3) is 0 Å². The van der Waals surface area contributed by atoms with Gasteiger partial charge in [-0.05, 0) is 25.0 Å². The lowest BCUT2D eigenvalue weighted by molar-refractivity contribution is -0.143. The fourth-order valence-corrected chi connectivity index (χ4v) is 2.82. The van der Waals surface area contributed by atoms with Gasteiger partial charge < -0.3 is 16.0 Å². The molecule has 1 atom stereocenters. The van der Waals surface area contributed by atoms with E-state index in [1.54, 1.807) is 7.05 Å². The fraction of sp³-hybridized carbons (Fsp3) is 0.588. The molecule has 1 aliphatic heterocycles. The van der Waals surface area contributed by atoms with Crippen LogP contribution in [0.15, 0.2) is 35.3 Å². The van der Waals surface area contributed by atoms with Crippen LogP contribution in [-0.4, -0.2) is 62.8 Å². The summed E-state index contributed by atoms with van der Waals surface area (Å²) in [6, 6.07) is 9.96. The summed E-state index contributed by atoms with van der Waals surface area (Å²) in [6.07, 6.45) is -2.55. The van der Waals surface area contributed by atoms with Gasteiger partial charge in [0.2, 0.25) is 0 Å². The molecule has 1 aliphatic rings. The lowest BCUT2D eigenvalue weighted by Gasteiger charge is -2.19. The first-order valence-electron chi connectivity index (χ1n) is 8.51. The molecule has 140 valence electrons. The van der Waals surface area contributed by atoms with Crippen molar-refractivity contribution in [3.8, 4) is 0 Å². The van der Waals surface area contributed by atoms with Gasteiger partial charge in [0.05, 0.1) is 6.54 Å². The Balaban J connectivity index is 1.61. The van der Waals surface area contributed by atoms with Crippen molar-refractivity contribution in [2.45, 2.75) is 25.1 Å². The molecule has 2 rings (SSSR count). The molecular weight excluding hydrogens is 331 g/mol. The highest BCUT2D eigenvalue weighted by Crippen LogP contribution is 2.19. The maximum absolute atomic E-state index is 12.4. The molecule has 1 saturated heterocycles. The van der Waals surface area contributed by atoms with E-state index >= 15 is 0 Å². The van der Waals surface area contributed by atoms with E-state index in [2.05, 4.69) is 20.9 Å². The molecule has 5 nitrogen and oxygen atoms in total. The maximum Gasteiger partial charge on any atom is 0.401 e. The number of rotatable bonds is 7. The Labute approximate surface area is 146 Å². The Morgan fingerprint density at radius 1 is 1.24 bits per heavy atom. The number of nitrogens with zero attached hydrogens (tertiary/aromatic N) is 2. The summed E-state index contributed by atoms with van der Waals surface area (Å²) in [7, 11) is 1.67. The van der Waals surface area contributed by atoms with Crippen molar-refractivity contribution in [2.75, 3.05) is 45.1 Å². The minimum atomic E-state index is -4.14. The zero-order chi connectivity index (χ0) is 18.1. The molecule has 0 aromatic heterocycles. The van der Waals surface area contributed by atoms with Gasteiger partial charge >= 0.3 is 6.18 Å². The standard InChI is InChI=1S/C17H26F3N5/c1-21-16(23-10-5-9-22-14-6-3-2-4-7-14)24-15-8-11-25(12-15)13-17(18,19)20/h2-4,6-7,15,22H,5,8-13H2,1H3,(H2,21,23,24). The van der Waals surface area contributed by atoms with Gasteiger partial charge in [0.25, 0.3) is 0 Å². The predicted molar refractivity (Wildman–Crippen MR) is 94.9 cm³/mol. The van der Waals surface area contributed by atoms with Crippen LogP contribution in [0, 0.1) is 0 Å². The molecule has 0 amide bonds. The molecule has 1 aromatic rings. The van der Waals surface area contributed by atoms with E-state index in [4.69, 9.17) is 0 Å². The highest BCUT2D eigenvalue weighted by Gasteiger charge is 2.34. The molecular formula is C17H26F3N5. The molecule has 8 heteroatoms. The Hall–Kier alpha value is -1.96. The van der Waals surface area contributed by atoms with Gasteiger partial charge in [0.15, 0.2) is 5.96 Å². The van der Waals surface area contributed by atoms with Gasteiger partial charge in [-0.25, -0.2) is 0 Å². The number of alkyl halides is 3. The number of halogens is 3. The highest BCUT2D eigenvalue weighted by molar-refractivity contribution is 5.80. The van der Waals surface area contributed by atoms with E-state index in [-0.39, 0.29) is 6.04 Å². The zero-order valence-electron chi connectivity index (χ0n) is 14.4. The number of anilines is 1. The second-order valence-electron chi connectivity index (χ2n) is 6.13. The van der Waals surface area contributed by atoms with Crippen LogP contribution in [-0.2, 0) is 0 Å². The minimum Gasteiger partial charge on any atom is -0.385 e. The molecule has 3 N–H and O–H groups in total. The summed E-state index contributed by atoms with van der Waals surface area (Å²) >= 11 is 0. The Bertz CT molecular complexity index is 533. The summed E-state index contributed by atoms with van der Waals surface area (Å²) in [5.41, 5.74) is 1.08. The van der Waals surface area contributed by atoms with Crippen molar-refractivity contribution >= 4 is 11.6 Å². The smallest absolute Gasteiger partial charge is 0.385 e. The van der Waals surface area contributed by atoms with Crippen molar-refractivity contribution in [1.82, 2.24) is 15.5 Å². The predicted octanol–water partition coefficient (Wildman–Crippen LogP) is 2.29. The number of para-hydroxylation sites is 1. The summed E-state index contributed by atoms with van der Waals surface area (Å²) in [5, 5.41) is 9.73. The second kappa shape index (κ2) is 9.50. The topological polar surface area (TPSA) is 51.7 Å². The van der Waals surface area contributed by atoms with Crippen LogP contribution in [0.1, 0.15) is 12.8 Å². The molecule has 1 aromatic carbocycles. The van der Waals surface area contributed by atoms with Crippen LogP contribution in [0.3, 0.4) is 0 Å². The van der Waals surface area contributed by atoms with E-state index in [0.29, 0.717) is 25.5 Å². The van der Waals surface area contributed by atoms with Gasteiger partial charge in [-0.3, -0.25) is 9.89 Å². The summed E-state index contributed by atoms with van der Waals surface area (Å²) in [5.74, 6) is 0.638. The monoisotopic (exact) mass is 357 g/mol. The molecule has 0 radical (unpaired) electrons. The van der Waals surface area contributed by atoms with Gasteiger partial charge in [-0.15, -0.1) is 0 Å². The average molecular weight is 357 g/mol. The van der Waals surface area contributed by atoms with Crippen molar-refractivity contribution < 1.29 is 13.2 Å². The number of nitrogens with one attached hydrogen (secondary N) is 3. The first-order chi connectivity index (χ1) is 12.0. The van der Waals surface area contributed by atoms with Gasteiger partial charge in [-0.1, -0.05) is 18.2 Å². The first-order valence-corrected chi connectivity index (χ1v) is 8.51. The Morgan fingerprint density at radius 3 is 2.68 bits per heavy atom. The number of aliphatic imine (C=N–C) groups is 1. The van der Waals surface area contributed by atoms with Crippen LogP contribution < -0.4 is 16.0 Å². The van der Waals surface area contributed by atoms with Crippen molar-refractivity contribution in [1.29, 1.82) is 0 Å². The SMILES string of the molecule is CN=C(NCCCNc1ccccc1)NC1CCN(CC(F)(F)F)C1. The van der Waals surface area contributed by atoms with E-state index in [0.717, 1.165) is 25.2 Å². The van der Waals surface area contributed by atoms with Crippen LogP contribution >= 0.6 is 0 Å². The minimum absolute atomic E-state index is 0.00371. The molecule has 25 heavy (non-hydrogen) atoms. The maximum atomic E-state index is 12.4. The Morgan fingerprint density at radius 2 is 2.00 bits per heavy atom. The number of hydrogen-bond acceptors (Lipinski definition) is 3. The van der Waals surface area contributed by atoms with Crippen LogP contribution in [0.4, 0.5) is 18.9 Å². The van der Waals surface area contributed by atoms with Crippen LogP contribution in [0.5, 0.6) is 0 Å². The zero-order valence-corrected chi connectivity index (χ0v) is 14.4. The molecule has 1 fully saturated rings. The molecule has 0 spiro atoms. The normalized spacial score (nSPS) is 19.0. The number of hydrogen-bond donors (Lipinski definition) is 3. The van der Waals surface area contributed by atoms with Gasteiger partial charge in [0, 0.05) is 45.0 Å². The molecule has 1 heterocycles. The lowest BCUT2D eigenvalue weighted by atomic mass is 10.3. The van der Waals surface area contributed by atoms with E-state index < -0.39 is 12.7 Å². The van der Waals surface area contributed by atoms with Gasteiger partial charge in [0.1, 0.15) is 0 Å². The summed E-state index contributed by atoms with van der Waals surface area (Å²) in [6.45, 7) is 1.56. The van der Waals surface area contributed by atoms with Crippen molar-refractivity contribution in [3.05, 3.63) is 30.3 Å². The fourth-order valence-electron chi connectivity index (χ4n) is 2.82. The van der Waals surface area contributed by atoms with Gasteiger partial charge in [-0.2, -0.15) is 13.2 Å². The third-order valence-corrected chi connectivity index (χ3v) is 3.99. The van der Waals surface area contributed by atoms with E-state index in [9.17, 15) is 13.2 Å². The first kappa shape index (κ1) is 19.4. The van der Waals surface area contributed by atoms with E-state index in [1.165, 1.54) is 4.90 Å². The Kier molecular flexibility index (Phi) is 7.36. The summed E-state index contributed by atoms with van der Waals surface area (Å²) in [4.78, 5) is 5.57. The summed E-state index contributed by atoms with van der Waals surface area (Å²) < 4.78 is 37.3. The largest absolute Gasteiger partial charge is 0.401 e. The lowest BCUT2D eigenvalue weighted by Crippen LogP contribution is -2.45. The number of likely N-dealkylation sites (tertiary alicyclic amines) is 1.